The second kappa shape index (κ2) is 12.2. The minimum Gasteiger partial charge on any atom is -0.489 e. The Kier molecular flexibility index (Phi) is 8.30. The summed E-state index contributed by atoms with van der Waals surface area (Å²) in [5.41, 5.74) is -0.144. The van der Waals surface area contributed by atoms with Crippen molar-refractivity contribution in [3.63, 3.8) is 0 Å². The number of hydrogen-bond donors (Lipinski definition) is 4. The molecule has 0 bridgehead atoms. The van der Waals surface area contributed by atoms with Crippen molar-refractivity contribution >= 4 is 34.3 Å². The van der Waals surface area contributed by atoms with E-state index >= 15 is 0 Å². The van der Waals surface area contributed by atoms with Crippen LogP contribution in [0.15, 0.2) is 65.3 Å². The summed E-state index contributed by atoms with van der Waals surface area (Å²) in [6, 6.07) is 9.68. The van der Waals surface area contributed by atoms with Crippen LogP contribution in [-0.2, 0) is 15.8 Å². The van der Waals surface area contributed by atoms with Crippen molar-refractivity contribution in [1.82, 2.24) is 20.3 Å². The lowest BCUT2D eigenvalue weighted by atomic mass is 9.81. The number of aliphatic hydroxyl groups is 1. The van der Waals surface area contributed by atoms with Crippen LogP contribution in [0.2, 0.25) is 0 Å². The highest BCUT2D eigenvalue weighted by molar-refractivity contribution is 6.09. The first-order valence-corrected chi connectivity index (χ1v) is 15.0. The molecule has 1 aliphatic rings. The first kappa shape index (κ1) is 34.0. The van der Waals surface area contributed by atoms with Crippen LogP contribution in [0.5, 0.6) is 5.75 Å². The number of nitrogens with zero attached hydrogens (tertiary/aromatic N) is 3. The number of nitrogens with two attached hydrogens (primary N) is 1. The number of anilines is 1. The number of ether oxygens (including phenoxy) is 1. The molecule has 5 N–H and O–H groups in total. The SMILES string of the molecule is Cc1cnc2c(NC(=O)c3ncc(C)o3)cc(C(=O)NC[C@](O)(c3cc4c(c(-c5ccc(F)cc5)n3)OC[C@]4(C)C(N)=O)C(F)(F)F)cc2c1. The zero-order valence-electron chi connectivity index (χ0n) is 26.6. The van der Waals surface area contributed by atoms with Crippen molar-refractivity contribution in [2.24, 2.45) is 5.73 Å². The van der Waals surface area contributed by atoms with Crippen LogP contribution in [0.1, 0.15) is 50.5 Å². The Labute approximate surface area is 280 Å². The molecule has 2 atom stereocenters. The lowest BCUT2D eigenvalue weighted by Gasteiger charge is -2.31. The largest absolute Gasteiger partial charge is 0.489 e. The smallest absolute Gasteiger partial charge is 0.424 e. The van der Waals surface area contributed by atoms with E-state index in [1.165, 1.54) is 43.6 Å². The van der Waals surface area contributed by atoms with E-state index in [-0.39, 0.29) is 51.8 Å². The lowest BCUT2D eigenvalue weighted by Crippen LogP contribution is -2.51. The van der Waals surface area contributed by atoms with Crippen LogP contribution >= 0.6 is 0 Å². The average Bonchev–Trinajstić information content (AvgIpc) is 3.66. The van der Waals surface area contributed by atoms with Crippen molar-refractivity contribution in [1.29, 1.82) is 0 Å². The van der Waals surface area contributed by atoms with Crippen molar-refractivity contribution in [2.45, 2.75) is 38.0 Å². The number of alkyl halides is 3. The number of halogens is 4. The van der Waals surface area contributed by atoms with E-state index in [0.717, 1.165) is 18.2 Å². The monoisotopic (exact) mass is 692 g/mol. The number of oxazole rings is 1. The molecule has 0 saturated carbocycles. The molecule has 6 rings (SSSR count). The van der Waals surface area contributed by atoms with E-state index < -0.39 is 53.0 Å². The number of carbonyl (C=O) groups excluding carboxylic acids is 3. The molecule has 258 valence electrons. The zero-order chi connectivity index (χ0) is 36.2. The third kappa shape index (κ3) is 5.97. The molecule has 0 fully saturated rings. The zero-order valence-corrected chi connectivity index (χ0v) is 26.6. The molecule has 0 aliphatic carbocycles. The van der Waals surface area contributed by atoms with E-state index in [9.17, 15) is 37.1 Å². The second-order valence-corrected chi connectivity index (χ2v) is 12.1. The maximum atomic E-state index is 14.9. The predicted octanol–water partition coefficient (Wildman–Crippen LogP) is 4.61. The van der Waals surface area contributed by atoms with Gasteiger partial charge in [-0.25, -0.2) is 14.4 Å². The Morgan fingerprint density at radius 2 is 1.74 bits per heavy atom. The number of nitrogens with one attached hydrogen (secondary N) is 2. The van der Waals surface area contributed by atoms with Crippen molar-refractivity contribution in [3.05, 3.63) is 101 Å². The van der Waals surface area contributed by atoms with Gasteiger partial charge >= 0.3 is 12.1 Å². The summed E-state index contributed by atoms with van der Waals surface area (Å²) in [7, 11) is 0. The normalized spacial score (nSPS) is 16.7. The van der Waals surface area contributed by atoms with Crippen molar-refractivity contribution in [3.8, 4) is 17.0 Å². The van der Waals surface area contributed by atoms with Gasteiger partial charge in [-0.15, -0.1) is 0 Å². The van der Waals surface area contributed by atoms with E-state index in [1.54, 1.807) is 19.9 Å². The number of benzene rings is 2. The highest BCUT2D eigenvalue weighted by Gasteiger charge is 2.57. The summed E-state index contributed by atoms with van der Waals surface area (Å²) < 4.78 is 69.3. The summed E-state index contributed by atoms with van der Waals surface area (Å²) in [5.74, 6) is -3.33. The minimum absolute atomic E-state index is 0.0366. The average molecular weight is 693 g/mol. The van der Waals surface area contributed by atoms with Gasteiger partial charge in [0, 0.05) is 28.3 Å². The number of carbonyl (C=O) groups is 3. The highest BCUT2D eigenvalue weighted by atomic mass is 19.4. The molecule has 0 spiro atoms. The molecule has 16 heteroatoms. The Morgan fingerprint density at radius 3 is 2.38 bits per heavy atom. The summed E-state index contributed by atoms with van der Waals surface area (Å²) in [6.07, 6.45) is -2.57. The van der Waals surface area contributed by atoms with Crippen LogP contribution in [0.4, 0.5) is 23.2 Å². The quantitative estimate of drug-likeness (QED) is 0.169. The van der Waals surface area contributed by atoms with Crippen molar-refractivity contribution < 1.29 is 46.2 Å². The summed E-state index contributed by atoms with van der Waals surface area (Å²) >= 11 is 0. The number of rotatable bonds is 8. The molecule has 0 saturated heterocycles. The van der Waals surface area contributed by atoms with Gasteiger partial charge in [0.2, 0.25) is 11.5 Å². The molecule has 2 aromatic carbocycles. The van der Waals surface area contributed by atoms with Crippen LogP contribution in [0.3, 0.4) is 0 Å². The molecular weight excluding hydrogens is 664 g/mol. The molecule has 0 radical (unpaired) electrons. The number of aromatic nitrogens is 3. The molecule has 3 amide bonds. The third-order valence-electron chi connectivity index (χ3n) is 8.38. The molecule has 0 unspecified atom stereocenters. The van der Waals surface area contributed by atoms with E-state index in [0.29, 0.717) is 16.7 Å². The Balaban J connectivity index is 1.39. The fraction of sp³-hybridized carbons (Fsp3) is 0.235. The van der Waals surface area contributed by atoms with Crippen molar-refractivity contribution in [2.75, 3.05) is 18.5 Å². The number of amides is 3. The second-order valence-electron chi connectivity index (χ2n) is 12.1. The van der Waals surface area contributed by atoms with Crippen LogP contribution < -0.4 is 21.1 Å². The number of fused-ring (bicyclic) bond motifs is 2. The van der Waals surface area contributed by atoms with Gasteiger partial charge in [-0.05, 0) is 74.9 Å². The molecule has 3 aromatic heterocycles. The molecule has 12 nitrogen and oxygen atoms in total. The molecular formula is C34H28F4N6O6. The van der Waals surface area contributed by atoms with Crippen LogP contribution in [0, 0.1) is 19.7 Å². The van der Waals surface area contributed by atoms with Gasteiger partial charge in [-0.3, -0.25) is 19.4 Å². The van der Waals surface area contributed by atoms with E-state index in [2.05, 4.69) is 25.6 Å². The topological polar surface area (TPSA) is 183 Å². The molecule has 5 aromatic rings. The maximum Gasteiger partial charge on any atom is 0.424 e. The van der Waals surface area contributed by atoms with Crippen LogP contribution in [-0.4, -0.2) is 57.1 Å². The molecule has 50 heavy (non-hydrogen) atoms. The fourth-order valence-electron chi connectivity index (χ4n) is 5.47. The van der Waals surface area contributed by atoms with Crippen LogP contribution in [0.25, 0.3) is 22.2 Å². The minimum atomic E-state index is -5.43. The number of primary amides is 1. The van der Waals surface area contributed by atoms with E-state index in [4.69, 9.17) is 14.9 Å². The van der Waals surface area contributed by atoms with E-state index in [1.807, 2.05) is 0 Å². The number of pyridine rings is 2. The maximum absolute atomic E-state index is 14.9. The van der Waals surface area contributed by atoms with Gasteiger partial charge < -0.3 is 30.6 Å². The van der Waals surface area contributed by atoms with Gasteiger partial charge in [0.15, 0.2) is 0 Å². The Bertz CT molecular complexity index is 2190. The number of hydrogen-bond acceptors (Lipinski definition) is 9. The molecule has 4 heterocycles. The predicted molar refractivity (Wildman–Crippen MR) is 170 cm³/mol. The van der Waals surface area contributed by atoms with Gasteiger partial charge in [0.25, 0.3) is 11.8 Å². The third-order valence-corrected chi connectivity index (χ3v) is 8.38. The fourth-order valence-corrected chi connectivity index (χ4v) is 5.47. The Morgan fingerprint density at radius 1 is 1.02 bits per heavy atom. The number of aryl methyl sites for hydroxylation is 2. The summed E-state index contributed by atoms with van der Waals surface area (Å²) in [4.78, 5) is 51.1. The summed E-state index contributed by atoms with van der Waals surface area (Å²) in [5, 5.41) is 16.4. The standard InChI is InChI=1S/C34H28F4N6O6/c1-16-8-19-9-20(10-23(25(19)40-12-16)43-29(46)30-41-13-17(2)50-30)28(45)42-14-33(48,34(36,37)38)24-11-22-27(49-15-32(22,3)31(39)47)26(44-24)18-4-6-21(35)7-5-18/h4-13,48H,14-15H2,1-3H3,(H2,39,47)(H,42,45)(H,43,46)/t32-,33-/m0/s1. The lowest BCUT2D eigenvalue weighted by molar-refractivity contribution is -0.265. The van der Waals surface area contributed by atoms with Gasteiger partial charge in [-0.2, -0.15) is 13.2 Å². The molecule has 1 aliphatic heterocycles. The summed E-state index contributed by atoms with van der Waals surface area (Å²) in [6.45, 7) is 2.92. The first-order chi connectivity index (χ1) is 23.5. The Hall–Kier alpha value is -5.90. The first-order valence-electron chi connectivity index (χ1n) is 15.0. The highest BCUT2D eigenvalue weighted by Crippen LogP contribution is 2.47. The van der Waals surface area contributed by atoms with Gasteiger partial charge in [0.1, 0.15) is 35.0 Å². The van der Waals surface area contributed by atoms with Gasteiger partial charge in [-0.1, -0.05) is 0 Å². The van der Waals surface area contributed by atoms with Gasteiger partial charge in [0.05, 0.1) is 29.6 Å².